The second-order valence-electron chi connectivity index (χ2n) is 3.57. The van der Waals surface area contributed by atoms with Gasteiger partial charge >= 0.3 is 5.97 Å². The van der Waals surface area contributed by atoms with Crippen LogP contribution in [0.15, 0.2) is 0 Å². The Balaban J connectivity index is 0. The molecule has 0 aliphatic carbocycles. The molecular formula is C8H17Cl2NO2. The van der Waals surface area contributed by atoms with Gasteiger partial charge in [-0.2, -0.15) is 0 Å². The highest BCUT2D eigenvalue weighted by Gasteiger charge is 2.13. The smallest absolute Gasteiger partial charge is 0.303 e. The second kappa shape index (κ2) is 7.42. The molecule has 0 saturated carbocycles. The first-order valence-electron chi connectivity index (χ1n) is 4.08. The molecule has 0 amide bonds. The van der Waals surface area contributed by atoms with Gasteiger partial charge in [0.05, 0.1) is 39.5 Å². The van der Waals surface area contributed by atoms with Gasteiger partial charge in [0.15, 0.2) is 0 Å². The molecule has 0 fully saturated rings. The maximum absolute atomic E-state index is 10.2. The van der Waals surface area contributed by atoms with Crippen LogP contribution >= 0.6 is 11.6 Å². The third-order valence-corrected chi connectivity index (χ3v) is 2.01. The van der Waals surface area contributed by atoms with Crippen LogP contribution in [0.25, 0.3) is 0 Å². The number of carboxylic acids is 1. The first-order chi connectivity index (χ1) is 5.48. The van der Waals surface area contributed by atoms with E-state index in [0.29, 0.717) is 5.88 Å². The predicted molar refractivity (Wildman–Crippen MR) is 49.4 cm³/mol. The van der Waals surface area contributed by atoms with Crippen molar-refractivity contribution in [2.75, 3.05) is 33.1 Å². The molecule has 80 valence electrons. The van der Waals surface area contributed by atoms with Crippen molar-refractivity contribution in [2.24, 2.45) is 0 Å². The number of carboxylic acid groups (broad SMARTS) is 1. The first kappa shape index (κ1) is 15.5. The van der Waals surface area contributed by atoms with Crippen molar-refractivity contribution < 1.29 is 26.8 Å². The van der Waals surface area contributed by atoms with Crippen molar-refractivity contribution in [3.8, 4) is 0 Å². The van der Waals surface area contributed by atoms with E-state index in [4.69, 9.17) is 16.7 Å². The minimum Gasteiger partial charge on any atom is -1.00 e. The number of quaternary nitrogens is 1. The van der Waals surface area contributed by atoms with E-state index in [1.807, 2.05) is 0 Å². The summed E-state index contributed by atoms with van der Waals surface area (Å²) in [4.78, 5) is 10.2. The third kappa shape index (κ3) is 9.93. The summed E-state index contributed by atoms with van der Waals surface area (Å²) >= 11 is 5.60. The van der Waals surface area contributed by atoms with Gasteiger partial charge in [0.2, 0.25) is 0 Å². The number of halogens is 2. The topological polar surface area (TPSA) is 37.3 Å². The Bertz CT molecular complexity index is 151. The van der Waals surface area contributed by atoms with Gasteiger partial charge in [0.1, 0.15) is 0 Å². The van der Waals surface area contributed by atoms with Crippen molar-refractivity contribution in [2.45, 2.75) is 12.8 Å². The van der Waals surface area contributed by atoms with Crippen molar-refractivity contribution >= 4 is 17.6 Å². The van der Waals surface area contributed by atoms with E-state index in [9.17, 15) is 4.79 Å². The van der Waals surface area contributed by atoms with E-state index in [1.54, 1.807) is 0 Å². The molecule has 0 atom stereocenters. The molecule has 0 spiro atoms. The largest absolute Gasteiger partial charge is 1.00 e. The molecule has 0 radical (unpaired) electrons. The minimum atomic E-state index is -0.721. The molecule has 3 nitrogen and oxygen atoms in total. The molecule has 0 unspecified atom stereocenters. The number of hydrogen-bond acceptors (Lipinski definition) is 1. The number of alkyl halides is 1. The molecule has 0 aliphatic rings. The van der Waals surface area contributed by atoms with Crippen LogP contribution < -0.4 is 12.4 Å². The zero-order valence-corrected chi connectivity index (χ0v) is 9.61. The number of rotatable bonds is 6. The molecule has 0 aromatic rings. The van der Waals surface area contributed by atoms with Crippen molar-refractivity contribution in [3.05, 3.63) is 0 Å². The molecule has 0 bridgehead atoms. The molecule has 0 aliphatic heterocycles. The van der Waals surface area contributed by atoms with E-state index in [2.05, 4.69) is 14.1 Å². The first-order valence-corrected chi connectivity index (χ1v) is 4.61. The summed E-state index contributed by atoms with van der Waals surface area (Å²) < 4.78 is 0.802. The van der Waals surface area contributed by atoms with Gasteiger partial charge < -0.3 is 22.0 Å². The van der Waals surface area contributed by atoms with Crippen LogP contribution in [0.3, 0.4) is 0 Å². The standard InChI is InChI=1S/C8H16ClNO2.ClH/c1-10(2,7-5-9)6-3-4-8(11)12;/h3-7H2,1-2H3;1H. The number of aliphatic carboxylic acids is 1. The summed E-state index contributed by atoms with van der Waals surface area (Å²) in [5.74, 6) is -0.0963. The molecule has 1 N–H and O–H groups in total. The van der Waals surface area contributed by atoms with Gasteiger partial charge in [-0.1, -0.05) is 0 Å². The summed E-state index contributed by atoms with van der Waals surface area (Å²) in [5, 5.41) is 8.41. The van der Waals surface area contributed by atoms with Gasteiger partial charge in [-0.05, 0) is 0 Å². The summed E-state index contributed by atoms with van der Waals surface area (Å²) in [6.45, 7) is 1.76. The highest BCUT2D eigenvalue weighted by Crippen LogP contribution is 2.01. The average molecular weight is 230 g/mol. The SMILES string of the molecule is C[N+](C)(CCCl)CCCC(=O)O.[Cl-]. The van der Waals surface area contributed by atoms with Crippen LogP contribution in [0.4, 0.5) is 0 Å². The monoisotopic (exact) mass is 229 g/mol. The maximum Gasteiger partial charge on any atom is 0.303 e. The van der Waals surface area contributed by atoms with Gasteiger partial charge in [0.25, 0.3) is 0 Å². The second-order valence-corrected chi connectivity index (χ2v) is 3.95. The van der Waals surface area contributed by atoms with Crippen LogP contribution in [0, 0.1) is 0 Å². The van der Waals surface area contributed by atoms with Gasteiger partial charge in [-0.15, -0.1) is 11.6 Å². The zero-order valence-electron chi connectivity index (χ0n) is 8.09. The Morgan fingerprint density at radius 2 is 1.92 bits per heavy atom. The van der Waals surface area contributed by atoms with Crippen LogP contribution in [0.2, 0.25) is 0 Å². The van der Waals surface area contributed by atoms with E-state index in [0.717, 1.165) is 24.0 Å². The molecule has 0 saturated heterocycles. The molecule has 13 heavy (non-hydrogen) atoms. The Hall–Kier alpha value is 0.01000. The lowest BCUT2D eigenvalue weighted by molar-refractivity contribution is -0.888. The Labute approximate surface area is 90.7 Å². The minimum absolute atomic E-state index is 0. The summed E-state index contributed by atoms with van der Waals surface area (Å²) in [5.41, 5.74) is 0. The lowest BCUT2D eigenvalue weighted by Gasteiger charge is -2.28. The average Bonchev–Trinajstić information content (AvgIpc) is 1.85. The lowest BCUT2D eigenvalue weighted by Crippen LogP contribution is -3.00. The summed E-state index contributed by atoms with van der Waals surface area (Å²) in [7, 11) is 4.12. The molecule has 0 heterocycles. The summed E-state index contributed by atoms with van der Waals surface area (Å²) in [6, 6.07) is 0. The predicted octanol–water partition coefficient (Wildman–Crippen LogP) is -1.83. The van der Waals surface area contributed by atoms with Gasteiger partial charge in [-0.25, -0.2) is 0 Å². The fourth-order valence-corrected chi connectivity index (χ4v) is 1.46. The molecule has 0 aromatic carbocycles. The fourth-order valence-electron chi connectivity index (χ4n) is 0.999. The van der Waals surface area contributed by atoms with Crippen molar-refractivity contribution in [1.82, 2.24) is 0 Å². The Morgan fingerprint density at radius 3 is 2.31 bits per heavy atom. The van der Waals surface area contributed by atoms with Crippen LogP contribution in [0.5, 0.6) is 0 Å². The van der Waals surface area contributed by atoms with Gasteiger partial charge in [-0.3, -0.25) is 4.79 Å². The molecule has 5 heteroatoms. The van der Waals surface area contributed by atoms with E-state index in [-0.39, 0.29) is 18.8 Å². The van der Waals surface area contributed by atoms with Crippen LogP contribution in [-0.4, -0.2) is 48.6 Å². The van der Waals surface area contributed by atoms with Crippen LogP contribution in [-0.2, 0) is 4.79 Å². The number of nitrogens with zero attached hydrogens (tertiary/aromatic N) is 1. The number of hydrogen-bond donors (Lipinski definition) is 1. The lowest BCUT2D eigenvalue weighted by atomic mass is 10.3. The third-order valence-electron chi connectivity index (χ3n) is 1.84. The van der Waals surface area contributed by atoms with Gasteiger partial charge in [0, 0.05) is 6.42 Å². The van der Waals surface area contributed by atoms with Crippen molar-refractivity contribution in [3.63, 3.8) is 0 Å². The van der Waals surface area contributed by atoms with E-state index in [1.165, 1.54) is 0 Å². The van der Waals surface area contributed by atoms with Crippen LogP contribution in [0.1, 0.15) is 12.8 Å². The molecule has 0 aromatic heterocycles. The Kier molecular flexibility index (Phi) is 8.83. The number of carbonyl (C=O) groups is 1. The zero-order chi connectivity index (χ0) is 9.61. The molecular weight excluding hydrogens is 213 g/mol. The Morgan fingerprint density at radius 1 is 1.38 bits per heavy atom. The van der Waals surface area contributed by atoms with Crippen molar-refractivity contribution in [1.29, 1.82) is 0 Å². The van der Waals surface area contributed by atoms with E-state index >= 15 is 0 Å². The quantitative estimate of drug-likeness (QED) is 0.430. The molecule has 0 rings (SSSR count). The van der Waals surface area contributed by atoms with E-state index < -0.39 is 5.97 Å². The highest BCUT2D eigenvalue weighted by molar-refractivity contribution is 6.17. The normalized spacial score (nSPS) is 10.7. The summed E-state index contributed by atoms with van der Waals surface area (Å²) in [6.07, 6.45) is 0.975. The fraction of sp³-hybridized carbons (Fsp3) is 0.875. The highest BCUT2D eigenvalue weighted by atomic mass is 35.5. The maximum atomic E-state index is 10.2.